The van der Waals surface area contributed by atoms with Crippen molar-refractivity contribution in [2.75, 3.05) is 0 Å². The second-order valence-corrected chi connectivity index (χ2v) is 5.50. The molecule has 0 bridgehead atoms. The molecule has 0 fully saturated rings. The van der Waals surface area contributed by atoms with Crippen LogP contribution in [0, 0.1) is 0 Å². The number of unbranched alkanes of at least 4 members (excludes halogenated alkanes) is 1. The Bertz CT molecular complexity index is 713. The maximum atomic E-state index is 14.4. The molecule has 1 aliphatic carbocycles. The van der Waals surface area contributed by atoms with E-state index in [1.165, 1.54) is 18.2 Å². The summed E-state index contributed by atoms with van der Waals surface area (Å²) in [5.41, 5.74) is -2.41. The summed E-state index contributed by atoms with van der Waals surface area (Å²) < 4.78 is 69.4. The van der Waals surface area contributed by atoms with Crippen LogP contribution >= 0.6 is 0 Å². The molecule has 2 rings (SSSR count). The summed E-state index contributed by atoms with van der Waals surface area (Å²) >= 11 is 0. The van der Waals surface area contributed by atoms with Crippen molar-refractivity contribution in [3.05, 3.63) is 53.1 Å². The summed E-state index contributed by atoms with van der Waals surface area (Å²) in [5.74, 6) is -8.27. The molecule has 0 heterocycles. The summed E-state index contributed by atoms with van der Waals surface area (Å²) in [7, 11) is 0. The van der Waals surface area contributed by atoms with E-state index < -0.39 is 35.0 Å². The number of nitrogens with zero attached hydrogens (tertiary/aromatic N) is 1. The van der Waals surface area contributed by atoms with Gasteiger partial charge in [-0.15, -0.1) is 0 Å². The van der Waals surface area contributed by atoms with Crippen molar-refractivity contribution in [2.45, 2.75) is 37.9 Å². The van der Waals surface area contributed by atoms with E-state index in [1.807, 2.05) is 0 Å². The zero-order valence-corrected chi connectivity index (χ0v) is 12.9. The first kappa shape index (κ1) is 18.2. The minimum atomic E-state index is -2.79. The molecule has 24 heavy (non-hydrogen) atoms. The molecule has 0 radical (unpaired) electrons. The smallest absolute Gasteiger partial charge is 0.196 e. The average Bonchev–Trinajstić information content (AvgIpc) is 2.59. The summed E-state index contributed by atoms with van der Waals surface area (Å²) in [5, 5.41) is 9.67. The van der Waals surface area contributed by atoms with Crippen LogP contribution < -0.4 is 0 Å². The van der Waals surface area contributed by atoms with Crippen LogP contribution in [0.3, 0.4) is 0 Å². The zero-order chi connectivity index (χ0) is 17.9. The molecular formula is C17H16F5NO. The fourth-order valence-corrected chi connectivity index (χ4v) is 2.47. The lowest BCUT2D eigenvalue weighted by Crippen LogP contribution is -2.42. The molecule has 2 unspecified atom stereocenters. The van der Waals surface area contributed by atoms with E-state index in [9.17, 15) is 27.1 Å². The Morgan fingerprint density at radius 1 is 1.17 bits per heavy atom. The molecule has 0 saturated heterocycles. The predicted octanol–water partition coefficient (Wildman–Crippen LogP) is 5.39. The minimum Gasteiger partial charge on any atom is -0.507 e. The van der Waals surface area contributed by atoms with Crippen LogP contribution in [0.4, 0.5) is 22.0 Å². The molecule has 0 aromatic heterocycles. The molecule has 7 heteroatoms. The largest absolute Gasteiger partial charge is 0.507 e. The van der Waals surface area contributed by atoms with E-state index in [2.05, 4.69) is 4.99 Å². The molecule has 0 spiro atoms. The van der Waals surface area contributed by atoms with Gasteiger partial charge >= 0.3 is 0 Å². The monoisotopic (exact) mass is 345 g/mol. The number of hydrogen-bond acceptors (Lipinski definition) is 2. The number of phenolic OH excluding ortho intramolecular Hbond substituents is 1. The fraction of sp³-hybridized carbons (Fsp3) is 0.353. The lowest BCUT2D eigenvalue weighted by molar-refractivity contribution is 0.165. The third-order valence-electron chi connectivity index (χ3n) is 3.90. The lowest BCUT2D eigenvalue weighted by Gasteiger charge is -2.33. The van der Waals surface area contributed by atoms with Crippen molar-refractivity contribution in [3.8, 4) is 5.75 Å². The molecule has 0 aliphatic heterocycles. The first-order valence-electron chi connectivity index (χ1n) is 7.43. The predicted molar refractivity (Wildman–Crippen MR) is 81.3 cm³/mol. The van der Waals surface area contributed by atoms with Crippen molar-refractivity contribution in [1.29, 1.82) is 0 Å². The summed E-state index contributed by atoms with van der Waals surface area (Å²) in [6, 6.07) is 5.80. The van der Waals surface area contributed by atoms with E-state index in [4.69, 9.17) is 0 Å². The van der Waals surface area contributed by atoms with Crippen LogP contribution in [0.25, 0.3) is 0 Å². The van der Waals surface area contributed by atoms with E-state index >= 15 is 0 Å². The fourth-order valence-electron chi connectivity index (χ4n) is 2.47. The van der Waals surface area contributed by atoms with Gasteiger partial charge in [0.1, 0.15) is 5.75 Å². The normalized spacial score (nSPS) is 25.0. The number of alkyl halides is 1. The van der Waals surface area contributed by atoms with E-state index in [1.54, 1.807) is 13.0 Å². The van der Waals surface area contributed by atoms with Gasteiger partial charge in [0, 0.05) is 11.8 Å². The molecule has 1 N–H and O–H groups in total. The minimum absolute atomic E-state index is 0.115. The Balaban J connectivity index is 2.53. The number of benzene rings is 1. The number of halogens is 5. The summed E-state index contributed by atoms with van der Waals surface area (Å²) in [6.45, 7) is 1.72. The molecule has 1 aromatic carbocycles. The van der Waals surface area contributed by atoms with Crippen LogP contribution in [0.5, 0.6) is 5.75 Å². The van der Waals surface area contributed by atoms with Gasteiger partial charge in [0.25, 0.3) is 0 Å². The molecule has 1 aromatic rings. The third kappa shape index (κ3) is 3.07. The van der Waals surface area contributed by atoms with Crippen LogP contribution in [-0.2, 0) is 0 Å². The number of allylic oxidation sites excluding steroid dienone is 2. The van der Waals surface area contributed by atoms with Gasteiger partial charge in [0.05, 0.1) is 0 Å². The highest BCUT2D eigenvalue weighted by molar-refractivity contribution is 5.83. The van der Waals surface area contributed by atoms with Crippen molar-refractivity contribution in [2.24, 2.45) is 4.99 Å². The van der Waals surface area contributed by atoms with Crippen molar-refractivity contribution < 1.29 is 27.1 Å². The van der Waals surface area contributed by atoms with Gasteiger partial charge in [0.2, 0.25) is 0 Å². The first-order valence-corrected chi connectivity index (χ1v) is 7.43. The van der Waals surface area contributed by atoms with Gasteiger partial charge in [-0.05, 0) is 18.6 Å². The van der Waals surface area contributed by atoms with Crippen molar-refractivity contribution in [3.63, 3.8) is 0 Å². The molecular weight excluding hydrogens is 329 g/mol. The standard InChI is InChI=1S/C17H16F5NO/c1-2-3-8-17(23-9-10-6-4-5-7-11(10)24)15(21)13(19)12(18)14(20)16(17)22/h4-7,9,15,24H,2-3,8H2,1H3. The van der Waals surface area contributed by atoms with Gasteiger partial charge in [-0.1, -0.05) is 31.9 Å². The Morgan fingerprint density at radius 3 is 2.46 bits per heavy atom. The van der Waals surface area contributed by atoms with E-state index in [0.717, 1.165) is 6.21 Å². The third-order valence-corrected chi connectivity index (χ3v) is 3.90. The van der Waals surface area contributed by atoms with Crippen LogP contribution in [0.15, 0.2) is 52.6 Å². The van der Waals surface area contributed by atoms with Gasteiger partial charge in [-0.2, -0.15) is 0 Å². The van der Waals surface area contributed by atoms with Crippen molar-refractivity contribution >= 4 is 6.21 Å². The van der Waals surface area contributed by atoms with Gasteiger partial charge in [-0.3, -0.25) is 4.99 Å². The average molecular weight is 345 g/mol. The highest BCUT2D eigenvalue weighted by atomic mass is 19.2. The lowest BCUT2D eigenvalue weighted by atomic mass is 9.82. The highest BCUT2D eigenvalue weighted by Crippen LogP contribution is 2.46. The van der Waals surface area contributed by atoms with Gasteiger partial charge < -0.3 is 5.11 Å². The maximum Gasteiger partial charge on any atom is 0.196 e. The van der Waals surface area contributed by atoms with Gasteiger partial charge in [0.15, 0.2) is 35.0 Å². The SMILES string of the molecule is CCCCC1(N=Cc2ccccc2O)C(F)=C(F)C(F)=C(F)C1F. The number of aliphatic imine (C=N–C) groups is 1. The van der Waals surface area contributed by atoms with E-state index in [-0.39, 0.29) is 24.2 Å². The zero-order valence-electron chi connectivity index (χ0n) is 12.9. The molecule has 2 nitrogen and oxygen atoms in total. The molecule has 0 amide bonds. The molecule has 130 valence electrons. The van der Waals surface area contributed by atoms with Crippen LogP contribution in [0.1, 0.15) is 31.7 Å². The Kier molecular flexibility index (Phi) is 5.41. The maximum absolute atomic E-state index is 14.4. The number of para-hydroxylation sites is 1. The van der Waals surface area contributed by atoms with E-state index in [0.29, 0.717) is 6.42 Å². The quantitative estimate of drug-likeness (QED) is 0.563. The number of hydrogen-bond donors (Lipinski definition) is 1. The number of rotatable bonds is 5. The van der Waals surface area contributed by atoms with Crippen LogP contribution in [0.2, 0.25) is 0 Å². The topological polar surface area (TPSA) is 32.6 Å². The second kappa shape index (κ2) is 7.15. The highest BCUT2D eigenvalue weighted by Gasteiger charge is 2.52. The Labute approximate surface area is 136 Å². The summed E-state index contributed by atoms with van der Waals surface area (Å²) in [4.78, 5) is 3.71. The summed E-state index contributed by atoms with van der Waals surface area (Å²) in [6.07, 6.45) is -1.50. The number of phenols is 1. The Morgan fingerprint density at radius 2 is 1.83 bits per heavy atom. The molecule has 2 atom stereocenters. The van der Waals surface area contributed by atoms with Gasteiger partial charge in [-0.25, -0.2) is 22.0 Å². The van der Waals surface area contributed by atoms with Crippen LogP contribution in [-0.4, -0.2) is 23.0 Å². The number of aromatic hydroxyl groups is 1. The Hall–Kier alpha value is -2.18. The van der Waals surface area contributed by atoms with Crippen molar-refractivity contribution in [1.82, 2.24) is 0 Å². The first-order chi connectivity index (χ1) is 11.3. The molecule has 1 aliphatic rings. The molecule has 0 saturated carbocycles. The second-order valence-electron chi connectivity index (χ2n) is 5.50.